The number of halogens is 7. The van der Waals surface area contributed by atoms with E-state index in [0.29, 0.717) is 10.7 Å². The number of benzene rings is 2. The van der Waals surface area contributed by atoms with Gasteiger partial charge in [0.05, 0.1) is 0 Å². The maximum atomic E-state index is 14.0. The normalized spacial score (nSPS) is 13.0. The predicted molar refractivity (Wildman–Crippen MR) is 106 cm³/mol. The van der Waals surface area contributed by atoms with Crippen LogP contribution < -0.4 is 4.74 Å². The minimum atomic E-state index is -5.58. The van der Waals surface area contributed by atoms with E-state index in [1.54, 1.807) is 6.07 Å². The minimum Gasteiger partial charge on any atom is -0.454 e. The van der Waals surface area contributed by atoms with Crippen LogP contribution >= 0.6 is 67.8 Å². The maximum Gasteiger partial charge on any atom is 0.300 e. The van der Waals surface area contributed by atoms with Gasteiger partial charge in [-0.15, -0.1) is 0 Å². The van der Waals surface area contributed by atoms with Crippen LogP contribution in [-0.4, -0.2) is 18.1 Å². The predicted octanol–water partition coefficient (Wildman–Crippen LogP) is 4.37. The average Bonchev–Trinajstić information content (AvgIpc) is 2.51. The zero-order valence-corrected chi connectivity index (χ0v) is 19.2. The zero-order chi connectivity index (χ0) is 20.0. The van der Waals surface area contributed by atoms with Crippen LogP contribution in [0.25, 0.3) is 0 Å². The number of hydrogen-bond donors (Lipinski definition) is 2. The molecule has 2 aromatic carbocycles. The van der Waals surface area contributed by atoms with E-state index in [-0.39, 0.29) is 5.56 Å². The Morgan fingerprint density at radius 2 is 1.46 bits per heavy atom. The molecule has 2 N–H and O–H groups in total. The summed E-state index contributed by atoms with van der Waals surface area (Å²) < 4.78 is 92.4. The second kappa shape index (κ2) is 8.18. The fourth-order valence-corrected chi connectivity index (χ4v) is 4.95. The van der Waals surface area contributed by atoms with Gasteiger partial charge in [0.2, 0.25) is 23.7 Å². The van der Waals surface area contributed by atoms with Crippen LogP contribution in [-0.2, 0) is 10.1 Å². The summed E-state index contributed by atoms with van der Waals surface area (Å²) in [5.41, 5.74) is 0.0698. The summed E-state index contributed by atoms with van der Waals surface area (Å²) in [6, 6.07) is 3.16. The Kier molecular flexibility index (Phi) is 7.02. The summed E-state index contributed by atoms with van der Waals surface area (Å²) in [6.07, 6.45) is -2.01. The topological polar surface area (TPSA) is 83.8 Å². The Morgan fingerprint density at radius 1 is 0.962 bits per heavy atom. The van der Waals surface area contributed by atoms with Gasteiger partial charge < -0.3 is 9.84 Å². The third-order valence-electron chi connectivity index (χ3n) is 2.96. The first kappa shape index (κ1) is 22.3. The van der Waals surface area contributed by atoms with Gasteiger partial charge in [0.25, 0.3) is 0 Å². The quantitative estimate of drug-likeness (QED) is 0.161. The highest BCUT2D eigenvalue weighted by molar-refractivity contribution is 14.1. The molecule has 0 aliphatic heterocycles. The van der Waals surface area contributed by atoms with Crippen molar-refractivity contribution >= 4 is 77.9 Å². The van der Waals surface area contributed by atoms with Gasteiger partial charge in [-0.3, -0.25) is 4.55 Å². The van der Waals surface area contributed by atoms with Gasteiger partial charge in [-0.05, 0) is 79.9 Å². The zero-order valence-electron chi connectivity index (χ0n) is 11.9. The minimum absolute atomic E-state index is 0.0698. The van der Waals surface area contributed by atoms with Gasteiger partial charge in [-0.25, -0.2) is 8.78 Å². The van der Waals surface area contributed by atoms with Crippen molar-refractivity contribution in [3.63, 3.8) is 0 Å². The lowest BCUT2D eigenvalue weighted by Gasteiger charge is -2.18. The standard InChI is InChI=1S/C13H5F4I3O5S/c14-6-8(16)12(26(22,23)24)9(17)7(15)11(6)25-13(21)4-1-3(18)2-5(19)10(4)20/h1-2,13,21H,(H,22,23,24). The van der Waals surface area contributed by atoms with Crippen molar-refractivity contribution in [3.05, 3.63) is 51.7 Å². The fourth-order valence-electron chi connectivity index (χ4n) is 1.85. The highest BCUT2D eigenvalue weighted by Gasteiger charge is 2.34. The van der Waals surface area contributed by atoms with Crippen molar-refractivity contribution < 1.29 is 40.4 Å². The number of hydrogen-bond acceptors (Lipinski definition) is 4. The monoisotopic (exact) mass is 730 g/mol. The molecule has 0 bridgehead atoms. The van der Waals surface area contributed by atoms with E-state index < -0.39 is 50.3 Å². The number of aliphatic hydroxyl groups is 1. The lowest BCUT2D eigenvalue weighted by atomic mass is 10.2. The Hall–Kier alpha value is 0.0200. The molecule has 0 fully saturated rings. The van der Waals surface area contributed by atoms with E-state index in [9.17, 15) is 31.1 Å². The summed E-state index contributed by atoms with van der Waals surface area (Å²) >= 11 is 5.67. The van der Waals surface area contributed by atoms with Gasteiger partial charge in [0.1, 0.15) is 0 Å². The molecule has 13 heteroatoms. The summed E-state index contributed by atoms with van der Waals surface area (Å²) in [5, 5.41) is 10.1. The van der Waals surface area contributed by atoms with Gasteiger partial charge in [-0.2, -0.15) is 17.2 Å². The molecule has 0 radical (unpaired) electrons. The second-order valence-corrected chi connectivity index (χ2v) is 9.50. The summed E-state index contributed by atoms with van der Waals surface area (Å²) in [6.45, 7) is 0. The summed E-state index contributed by atoms with van der Waals surface area (Å²) in [7, 11) is -5.58. The lowest BCUT2D eigenvalue weighted by Crippen LogP contribution is -2.15. The highest BCUT2D eigenvalue weighted by atomic mass is 127. The van der Waals surface area contributed by atoms with Crippen LogP contribution in [0.3, 0.4) is 0 Å². The van der Waals surface area contributed by atoms with Gasteiger partial charge in [0.15, 0.2) is 16.5 Å². The first-order chi connectivity index (χ1) is 11.9. The molecule has 0 heterocycles. The molecule has 0 spiro atoms. The van der Waals surface area contributed by atoms with E-state index in [1.807, 2.05) is 67.8 Å². The number of aliphatic hydroxyl groups excluding tert-OH is 1. The third-order valence-corrected chi connectivity index (χ3v) is 7.54. The fraction of sp³-hybridized carbons (Fsp3) is 0.0769. The molecule has 2 rings (SSSR count). The SMILES string of the molecule is O=S(=O)(O)c1c(F)c(F)c(OC(O)c2cc(I)cc(I)c2I)c(F)c1F. The van der Waals surface area contributed by atoms with Gasteiger partial charge in [0, 0.05) is 16.3 Å². The van der Waals surface area contributed by atoms with Crippen LogP contribution in [0.2, 0.25) is 0 Å². The van der Waals surface area contributed by atoms with Gasteiger partial charge >= 0.3 is 10.1 Å². The molecule has 1 atom stereocenters. The van der Waals surface area contributed by atoms with E-state index in [2.05, 4.69) is 4.74 Å². The molecule has 2 aromatic rings. The number of rotatable bonds is 4. The van der Waals surface area contributed by atoms with Crippen LogP contribution in [0, 0.1) is 34.0 Å². The smallest absolute Gasteiger partial charge is 0.300 e. The van der Waals surface area contributed by atoms with Crippen molar-refractivity contribution in [2.24, 2.45) is 0 Å². The van der Waals surface area contributed by atoms with E-state index in [1.165, 1.54) is 6.07 Å². The first-order valence-electron chi connectivity index (χ1n) is 6.18. The summed E-state index contributed by atoms with van der Waals surface area (Å²) in [5.74, 6) is -10.8. The molecule has 0 aliphatic carbocycles. The van der Waals surface area contributed by atoms with Crippen molar-refractivity contribution in [3.8, 4) is 5.75 Å². The Morgan fingerprint density at radius 3 is 1.92 bits per heavy atom. The molecular formula is C13H5F4I3O5S. The highest BCUT2D eigenvalue weighted by Crippen LogP contribution is 2.36. The molecule has 0 aliphatic rings. The molecule has 0 saturated heterocycles. The van der Waals surface area contributed by atoms with Crippen molar-refractivity contribution in [1.82, 2.24) is 0 Å². The Balaban J connectivity index is 2.58. The second-order valence-electron chi connectivity index (χ2n) is 4.65. The Bertz CT molecular complexity index is 971. The largest absolute Gasteiger partial charge is 0.454 e. The molecule has 26 heavy (non-hydrogen) atoms. The van der Waals surface area contributed by atoms with E-state index in [0.717, 1.165) is 0 Å². The molecule has 0 aromatic heterocycles. The first-order valence-corrected chi connectivity index (χ1v) is 10.9. The number of ether oxygens (including phenoxy) is 1. The molecule has 1 unspecified atom stereocenters. The maximum absolute atomic E-state index is 14.0. The molecule has 142 valence electrons. The summed E-state index contributed by atoms with van der Waals surface area (Å²) in [4.78, 5) is -2.19. The Labute approximate surface area is 185 Å². The van der Waals surface area contributed by atoms with Gasteiger partial charge in [-0.1, -0.05) is 0 Å². The molecule has 0 amide bonds. The van der Waals surface area contributed by atoms with Crippen LogP contribution in [0.1, 0.15) is 11.9 Å². The van der Waals surface area contributed by atoms with Crippen molar-refractivity contribution in [2.45, 2.75) is 11.2 Å². The van der Waals surface area contributed by atoms with E-state index in [4.69, 9.17) is 4.55 Å². The average molecular weight is 730 g/mol. The van der Waals surface area contributed by atoms with Crippen LogP contribution in [0.15, 0.2) is 17.0 Å². The van der Waals surface area contributed by atoms with Crippen molar-refractivity contribution in [2.75, 3.05) is 0 Å². The molecule has 0 saturated carbocycles. The third kappa shape index (κ3) is 4.36. The van der Waals surface area contributed by atoms with Crippen molar-refractivity contribution in [1.29, 1.82) is 0 Å². The van der Waals surface area contributed by atoms with E-state index >= 15 is 0 Å². The van der Waals surface area contributed by atoms with Crippen LogP contribution in [0.5, 0.6) is 5.75 Å². The lowest BCUT2D eigenvalue weighted by molar-refractivity contribution is -0.0266. The molecule has 5 nitrogen and oxygen atoms in total. The van der Waals surface area contributed by atoms with Crippen LogP contribution in [0.4, 0.5) is 17.6 Å². The molecular weight excluding hydrogens is 725 g/mol.